The average Bonchev–Trinajstić information content (AvgIpc) is 2.80. The lowest BCUT2D eigenvalue weighted by molar-refractivity contribution is 0.175. The van der Waals surface area contributed by atoms with E-state index in [2.05, 4.69) is 53.3 Å². The molecule has 0 bridgehead atoms. The zero-order chi connectivity index (χ0) is 14.7. The Morgan fingerprint density at radius 2 is 1.86 bits per heavy atom. The molecule has 3 heteroatoms. The Morgan fingerprint density at radius 3 is 2.48 bits per heavy atom. The van der Waals surface area contributed by atoms with E-state index in [4.69, 9.17) is 0 Å². The molecule has 0 aliphatic carbocycles. The van der Waals surface area contributed by atoms with Crippen LogP contribution >= 0.6 is 0 Å². The van der Waals surface area contributed by atoms with Crippen LogP contribution in [-0.2, 0) is 20.0 Å². The summed E-state index contributed by atoms with van der Waals surface area (Å²) in [5.41, 5.74) is 3.93. The van der Waals surface area contributed by atoms with Crippen molar-refractivity contribution in [2.24, 2.45) is 13.0 Å². The summed E-state index contributed by atoms with van der Waals surface area (Å²) in [7, 11) is 2.02. The van der Waals surface area contributed by atoms with Crippen molar-refractivity contribution in [2.45, 2.75) is 32.7 Å². The van der Waals surface area contributed by atoms with E-state index < -0.39 is 0 Å². The second-order valence-corrected chi connectivity index (χ2v) is 6.31. The van der Waals surface area contributed by atoms with E-state index in [1.807, 2.05) is 11.7 Å². The van der Waals surface area contributed by atoms with Gasteiger partial charge in [-0.05, 0) is 56.8 Å². The van der Waals surface area contributed by atoms with Gasteiger partial charge in [0.05, 0.1) is 5.69 Å². The van der Waals surface area contributed by atoms with Gasteiger partial charge in [0, 0.05) is 19.3 Å². The van der Waals surface area contributed by atoms with E-state index in [0.29, 0.717) is 0 Å². The zero-order valence-corrected chi connectivity index (χ0v) is 13.1. The molecular formula is C18H25N3. The molecule has 2 heterocycles. The van der Waals surface area contributed by atoms with Gasteiger partial charge in [0.1, 0.15) is 0 Å². The molecule has 0 N–H and O–H groups in total. The molecule has 3 nitrogen and oxygen atoms in total. The quantitative estimate of drug-likeness (QED) is 0.859. The molecule has 1 aliphatic rings. The third-order valence-electron chi connectivity index (χ3n) is 4.62. The van der Waals surface area contributed by atoms with Crippen LogP contribution in [0.3, 0.4) is 0 Å². The van der Waals surface area contributed by atoms with E-state index in [1.165, 1.54) is 49.3 Å². The summed E-state index contributed by atoms with van der Waals surface area (Å²) in [5.74, 6) is 0.842. The number of benzene rings is 1. The van der Waals surface area contributed by atoms with Gasteiger partial charge in [0.2, 0.25) is 0 Å². The highest BCUT2D eigenvalue weighted by Gasteiger charge is 2.20. The number of likely N-dealkylation sites (tertiary alicyclic amines) is 1. The van der Waals surface area contributed by atoms with E-state index >= 15 is 0 Å². The number of aryl methyl sites for hydroxylation is 2. The first-order valence-corrected chi connectivity index (χ1v) is 7.96. The van der Waals surface area contributed by atoms with Gasteiger partial charge in [-0.1, -0.05) is 30.3 Å². The molecule has 3 rings (SSSR count). The molecule has 1 saturated heterocycles. The molecule has 21 heavy (non-hydrogen) atoms. The summed E-state index contributed by atoms with van der Waals surface area (Å²) in [4.78, 5) is 2.54. The van der Waals surface area contributed by atoms with Crippen molar-refractivity contribution in [1.29, 1.82) is 0 Å². The monoisotopic (exact) mass is 283 g/mol. The highest BCUT2D eigenvalue weighted by atomic mass is 15.3. The van der Waals surface area contributed by atoms with Crippen LogP contribution in [0.15, 0.2) is 36.4 Å². The van der Waals surface area contributed by atoms with E-state index in [-0.39, 0.29) is 0 Å². The minimum atomic E-state index is 0.842. The molecule has 0 unspecified atom stereocenters. The van der Waals surface area contributed by atoms with Crippen LogP contribution in [0.25, 0.3) is 0 Å². The number of aromatic nitrogens is 2. The Kier molecular flexibility index (Phi) is 4.39. The van der Waals surface area contributed by atoms with Crippen molar-refractivity contribution in [1.82, 2.24) is 14.7 Å². The molecule has 1 aromatic heterocycles. The Labute approximate surface area is 127 Å². The summed E-state index contributed by atoms with van der Waals surface area (Å²) in [6.45, 7) is 5.52. The standard InChI is InChI=1S/C18H25N3/c1-15-12-18(19-20(15)2)14-21-10-8-17(9-11-21)13-16-6-4-3-5-7-16/h3-7,12,17H,8-11,13-14H2,1-2H3. The first kappa shape index (κ1) is 14.3. The van der Waals surface area contributed by atoms with Crippen molar-refractivity contribution in [3.63, 3.8) is 0 Å². The SMILES string of the molecule is Cc1cc(CN2CCC(Cc3ccccc3)CC2)nn1C. The maximum atomic E-state index is 4.57. The minimum Gasteiger partial charge on any atom is -0.297 e. The van der Waals surface area contributed by atoms with Gasteiger partial charge in [0.25, 0.3) is 0 Å². The van der Waals surface area contributed by atoms with E-state index in [9.17, 15) is 0 Å². The van der Waals surface area contributed by atoms with Gasteiger partial charge in [-0.15, -0.1) is 0 Å². The third-order valence-corrected chi connectivity index (χ3v) is 4.62. The molecule has 1 fully saturated rings. The van der Waals surface area contributed by atoms with E-state index in [0.717, 1.165) is 12.5 Å². The molecule has 0 saturated carbocycles. The predicted octanol–water partition coefficient (Wildman–Crippen LogP) is 3.18. The van der Waals surface area contributed by atoms with Crippen molar-refractivity contribution >= 4 is 0 Å². The minimum absolute atomic E-state index is 0.842. The van der Waals surface area contributed by atoms with Crippen LogP contribution in [0.5, 0.6) is 0 Å². The smallest absolute Gasteiger partial charge is 0.0767 e. The Bertz CT molecular complexity index is 546. The maximum absolute atomic E-state index is 4.57. The van der Waals surface area contributed by atoms with Crippen LogP contribution in [-0.4, -0.2) is 27.8 Å². The van der Waals surface area contributed by atoms with E-state index in [1.54, 1.807) is 0 Å². The Morgan fingerprint density at radius 1 is 1.14 bits per heavy atom. The summed E-state index contributed by atoms with van der Waals surface area (Å²) >= 11 is 0. The lowest BCUT2D eigenvalue weighted by Crippen LogP contribution is -2.34. The first-order chi connectivity index (χ1) is 10.2. The number of hydrogen-bond acceptors (Lipinski definition) is 2. The molecule has 1 aromatic carbocycles. The maximum Gasteiger partial charge on any atom is 0.0767 e. The molecule has 0 spiro atoms. The van der Waals surface area contributed by atoms with Crippen molar-refractivity contribution in [2.75, 3.05) is 13.1 Å². The van der Waals surface area contributed by atoms with Crippen LogP contribution < -0.4 is 0 Å². The van der Waals surface area contributed by atoms with Crippen LogP contribution in [0.2, 0.25) is 0 Å². The van der Waals surface area contributed by atoms with Crippen LogP contribution in [0.1, 0.15) is 29.8 Å². The molecule has 0 radical (unpaired) electrons. The zero-order valence-electron chi connectivity index (χ0n) is 13.1. The molecule has 1 aliphatic heterocycles. The largest absolute Gasteiger partial charge is 0.297 e. The van der Waals surface area contributed by atoms with Crippen molar-refractivity contribution in [3.05, 3.63) is 53.3 Å². The van der Waals surface area contributed by atoms with Gasteiger partial charge >= 0.3 is 0 Å². The fourth-order valence-corrected chi connectivity index (χ4v) is 3.24. The Hall–Kier alpha value is -1.61. The van der Waals surface area contributed by atoms with Gasteiger partial charge < -0.3 is 0 Å². The summed E-state index contributed by atoms with van der Waals surface area (Å²) < 4.78 is 1.97. The molecular weight excluding hydrogens is 258 g/mol. The van der Waals surface area contributed by atoms with Crippen LogP contribution in [0, 0.1) is 12.8 Å². The molecule has 2 aromatic rings. The summed E-state index contributed by atoms with van der Waals surface area (Å²) in [6, 6.07) is 13.1. The molecule has 0 amide bonds. The molecule has 112 valence electrons. The number of hydrogen-bond donors (Lipinski definition) is 0. The summed E-state index contributed by atoms with van der Waals surface area (Å²) in [6.07, 6.45) is 3.85. The van der Waals surface area contributed by atoms with Gasteiger partial charge in [-0.3, -0.25) is 9.58 Å². The highest BCUT2D eigenvalue weighted by Crippen LogP contribution is 2.22. The summed E-state index contributed by atoms with van der Waals surface area (Å²) in [5, 5.41) is 4.57. The lowest BCUT2D eigenvalue weighted by atomic mass is 9.90. The number of piperidine rings is 1. The topological polar surface area (TPSA) is 21.1 Å². The fraction of sp³-hybridized carbons (Fsp3) is 0.500. The third kappa shape index (κ3) is 3.73. The fourth-order valence-electron chi connectivity index (χ4n) is 3.24. The van der Waals surface area contributed by atoms with Gasteiger partial charge in [-0.2, -0.15) is 5.10 Å². The first-order valence-electron chi connectivity index (χ1n) is 7.96. The van der Waals surface area contributed by atoms with Gasteiger partial charge in [-0.25, -0.2) is 0 Å². The number of rotatable bonds is 4. The van der Waals surface area contributed by atoms with Crippen molar-refractivity contribution in [3.8, 4) is 0 Å². The highest BCUT2D eigenvalue weighted by molar-refractivity contribution is 5.15. The van der Waals surface area contributed by atoms with Crippen LogP contribution in [0.4, 0.5) is 0 Å². The average molecular weight is 283 g/mol. The number of nitrogens with zero attached hydrogens (tertiary/aromatic N) is 3. The normalized spacial score (nSPS) is 17.2. The predicted molar refractivity (Wildman–Crippen MR) is 86.1 cm³/mol. The second kappa shape index (κ2) is 6.44. The molecule has 0 atom stereocenters. The lowest BCUT2D eigenvalue weighted by Gasteiger charge is -2.31. The Balaban J connectivity index is 1.49. The van der Waals surface area contributed by atoms with Crippen molar-refractivity contribution < 1.29 is 0 Å². The second-order valence-electron chi connectivity index (χ2n) is 6.31. The van der Waals surface area contributed by atoms with Gasteiger partial charge in [0.15, 0.2) is 0 Å².